The summed E-state index contributed by atoms with van der Waals surface area (Å²) in [5.41, 5.74) is 16.3. The molecule has 1 heterocycles. The lowest BCUT2D eigenvalue weighted by atomic mass is 9.98. The van der Waals surface area contributed by atoms with Crippen LogP contribution >= 0.6 is 0 Å². The van der Waals surface area contributed by atoms with E-state index in [0.29, 0.717) is 0 Å². The van der Waals surface area contributed by atoms with Crippen molar-refractivity contribution in [3.63, 3.8) is 0 Å². The Kier molecular flexibility index (Phi) is 8.55. The Morgan fingerprint density at radius 2 is 0.714 bits per heavy atom. The highest BCUT2D eigenvalue weighted by molar-refractivity contribution is 6.11. The van der Waals surface area contributed by atoms with E-state index in [-0.39, 0.29) is 0 Å². The normalized spacial score (nSPS) is 11.2. The fraction of sp³-hybridized carbons (Fsp3) is 0. The Balaban J connectivity index is 1.17. The van der Waals surface area contributed by atoms with Crippen LogP contribution in [0.25, 0.3) is 72.0 Å². The lowest BCUT2D eigenvalue weighted by molar-refractivity contribution is 1.18. The van der Waals surface area contributed by atoms with E-state index in [1.807, 2.05) is 0 Å². The minimum Gasteiger partial charge on any atom is -0.310 e. The molecule has 0 spiro atoms. The second-order valence-corrected chi connectivity index (χ2v) is 14.1. The molecule has 0 unspecified atom stereocenters. The number of aromatic nitrogens is 1. The van der Waals surface area contributed by atoms with Crippen LogP contribution in [0.1, 0.15) is 0 Å². The van der Waals surface area contributed by atoms with Crippen LogP contribution in [0.4, 0.5) is 17.1 Å². The third-order valence-electron chi connectivity index (χ3n) is 10.8. The molecule has 0 aliphatic heterocycles. The van der Waals surface area contributed by atoms with Gasteiger partial charge in [0.15, 0.2) is 0 Å². The molecule has 0 aliphatic rings. The maximum Gasteiger partial charge on any atom is 0.0547 e. The highest BCUT2D eigenvalue weighted by atomic mass is 15.1. The first-order valence-corrected chi connectivity index (χ1v) is 19.2. The van der Waals surface area contributed by atoms with Gasteiger partial charge in [-0.3, -0.25) is 0 Å². The summed E-state index contributed by atoms with van der Waals surface area (Å²) in [6, 6.07) is 83.1. The van der Waals surface area contributed by atoms with Crippen LogP contribution in [0.3, 0.4) is 0 Å². The van der Waals surface area contributed by atoms with Crippen LogP contribution in [-0.4, -0.2) is 4.57 Å². The molecule has 10 rings (SSSR count). The Labute approximate surface area is 327 Å². The number of benzene rings is 9. The first-order chi connectivity index (χ1) is 27.8. The molecule has 2 nitrogen and oxygen atoms in total. The average molecular weight is 715 g/mol. The molecule has 2 heteroatoms. The van der Waals surface area contributed by atoms with Crippen molar-refractivity contribution in [1.29, 1.82) is 0 Å². The number of para-hydroxylation sites is 3. The Bertz CT molecular complexity index is 2840. The van der Waals surface area contributed by atoms with E-state index in [9.17, 15) is 0 Å². The number of hydrogen-bond donors (Lipinski definition) is 0. The zero-order chi connectivity index (χ0) is 37.3. The van der Waals surface area contributed by atoms with Crippen LogP contribution < -0.4 is 4.90 Å². The Morgan fingerprint density at radius 3 is 1.32 bits per heavy atom. The predicted molar refractivity (Wildman–Crippen MR) is 237 cm³/mol. The summed E-state index contributed by atoms with van der Waals surface area (Å²) in [6.45, 7) is 0. The van der Waals surface area contributed by atoms with Crippen molar-refractivity contribution in [3.05, 3.63) is 231 Å². The van der Waals surface area contributed by atoms with Crippen molar-refractivity contribution in [2.24, 2.45) is 0 Å². The fourth-order valence-electron chi connectivity index (χ4n) is 8.13. The zero-order valence-corrected chi connectivity index (χ0v) is 30.8. The topological polar surface area (TPSA) is 8.17 Å². The van der Waals surface area contributed by atoms with Gasteiger partial charge in [0, 0.05) is 33.3 Å². The second kappa shape index (κ2) is 14.4. The van der Waals surface area contributed by atoms with Gasteiger partial charge in [-0.1, -0.05) is 182 Å². The average Bonchev–Trinajstić information content (AvgIpc) is 3.61. The minimum absolute atomic E-state index is 1.09. The van der Waals surface area contributed by atoms with Crippen molar-refractivity contribution >= 4 is 38.9 Å². The Morgan fingerprint density at radius 1 is 0.286 bits per heavy atom. The molecular weight excluding hydrogens is 677 g/mol. The zero-order valence-electron chi connectivity index (χ0n) is 30.8. The summed E-state index contributed by atoms with van der Waals surface area (Å²) in [5.74, 6) is 0. The fourth-order valence-corrected chi connectivity index (χ4v) is 8.13. The van der Waals surface area contributed by atoms with E-state index >= 15 is 0 Å². The lowest BCUT2D eigenvalue weighted by Crippen LogP contribution is -2.11. The van der Waals surface area contributed by atoms with Gasteiger partial charge in [-0.05, 0) is 81.9 Å². The van der Waals surface area contributed by atoms with Gasteiger partial charge < -0.3 is 9.47 Å². The third kappa shape index (κ3) is 6.04. The summed E-state index contributed by atoms with van der Waals surface area (Å²) in [4.78, 5) is 2.40. The predicted octanol–water partition coefficient (Wildman–Crippen LogP) is 14.9. The first kappa shape index (κ1) is 33.2. The van der Waals surface area contributed by atoms with Crippen molar-refractivity contribution in [1.82, 2.24) is 4.57 Å². The van der Waals surface area contributed by atoms with E-state index in [2.05, 4.69) is 240 Å². The molecule has 0 fully saturated rings. The van der Waals surface area contributed by atoms with Crippen molar-refractivity contribution < 1.29 is 0 Å². The van der Waals surface area contributed by atoms with Crippen molar-refractivity contribution in [3.8, 4) is 50.2 Å². The lowest BCUT2D eigenvalue weighted by Gasteiger charge is -2.29. The van der Waals surface area contributed by atoms with E-state index in [0.717, 1.165) is 33.9 Å². The molecule has 0 radical (unpaired) electrons. The summed E-state index contributed by atoms with van der Waals surface area (Å²) in [5, 5.41) is 2.48. The van der Waals surface area contributed by atoms with E-state index in [1.165, 1.54) is 55.2 Å². The van der Waals surface area contributed by atoms with E-state index < -0.39 is 0 Å². The van der Waals surface area contributed by atoms with Crippen LogP contribution in [0, 0.1) is 0 Å². The van der Waals surface area contributed by atoms with E-state index in [4.69, 9.17) is 0 Å². The number of hydrogen-bond acceptors (Lipinski definition) is 1. The third-order valence-corrected chi connectivity index (χ3v) is 10.8. The molecule has 0 atom stereocenters. The van der Waals surface area contributed by atoms with Crippen molar-refractivity contribution in [2.45, 2.75) is 0 Å². The maximum atomic E-state index is 2.46. The molecule has 0 aliphatic carbocycles. The number of nitrogens with zero attached hydrogens (tertiary/aromatic N) is 2. The van der Waals surface area contributed by atoms with Crippen LogP contribution in [0.2, 0.25) is 0 Å². The van der Waals surface area contributed by atoms with E-state index in [1.54, 1.807) is 0 Å². The smallest absolute Gasteiger partial charge is 0.0547 e. The minimum atomic E-state index is 1.09. The highest BCUT2D eigenvalue weighted by Gasteiger charge is 2.21. The quantitative estimate of drug-likeness (QED) is 0.152. The van der Waals surface area contributed by atoms with Crippen LogP contribution in [0.15, 0.2) is 231 Å². The molecule has 0 saturated heterocycles. The molecular formula is C54H38N2. The summed E-state index contributed by atoms with van der Waals surface area (Å²) < 4.78 is 2.46. The summed E-state index contributed by atoms with van der Waals surface area (Å²) >= 11 is 0. The van der Waals surface area contributed by atoms with Gasteiger partial charge in [-0.15, -0.1) is 0 Å². The summed E-state index contributed by atoms with van der Waals surface area (Å²) in [6.07, 6.45) is 0. The molecule has 1 aromatic heterocycles. The molecule has 56 heavy (non-hydrogen) atoms. The molecule has 9 aromatic carbocycles. The molecule has 0 amide bonds. The molecule has 0 bridgehead atoms. The Hall–Kier alpha value is -7.42. The van der Waals surface area contributed by atoms with Gasteiger partial charge >= 0.3 is 0 Å². The number of rotatable bonds is 8. The monoisotopic (exact) mass is 714 g/mol. The maximum absolute atomic E-state index is 2.46. The van der Waals surface area contributed by atoms with Crippen LogP contribution in [-0.2, 0) is 0 Å². The summed E-state index contributed by atoms with van der Waals surface area (Å²) in [7, 11) is 0. The molecule has 0 saturated carbocycles. The SMILES string of the molecule is c1ccc(-c2ccc(N(c3ccc(-c4ccccc4)cc3)c3ccccc3-c3ccccc3-n3c4ccccc4c4ccc(-c5ccccc5)cc43)cc2)cc1. The highest BCUT2D eigenvalue weighted by Crippen LogP contribution is 2.45. The first-order valence-electron chi connectivity index (χ1n) is 19.2. The molecule has 264 valence electrons. The van der Waals surface area contributed by atoms with Gasteiger partial charge in [0.2, 0.25) is 0 Å². The van der Waals surface area contributed by atoms with Crippen molar-refractivity contribution in [2.75, 3.05) is 4.90 Å². The van der Waals surface area contributed by atoms with Crippen LogP contribution in [0.5, 0.6) is 0 Å². The molecule has 10 aromatic rings. The number of anilines is 3. The van der Waals surface area contributed by atoms with Gasteiger partial charge in [0.1, 0.15) is 0 Å². The number of fused-ring (bicyclic) bond motifs is 3. The van der Waals surface area contributed by atoms with Gasteiger partial charge in [-0.25, -0.2) is 0 Å². The van der Waals surface area contributed by atoms with Gasteiger partial charge in [0.25, 0.3) is 0 Å². The largest absolute Gasteiger partial charge is 0.310 e. The van der Waals surface area contributed by atoms with Gasteiger partial charge in [0.05, 0.1) is 22.4 Å². The standard InChI is InChI=1S/C54H38N2/c1-4-16-39(17-5-1)42-28-33-45(34-29-42)55(46-35-30-43(31-36-46)40-18-6-2-7-19-40)51-25-13-10-22-47(51)48-23-11-14-26-52(48)56-53-27-15-12-24-49(53)50-37-32-44(38-54(50)56)41-20-8-3-9-21-41/h1-38H. The second-order valence-electron chi connectivity index (χ2n) is 14.1. The van der Waals surface area contributed by atoms with Gasteiger partial charge in [-0.2, -0.15) is 0 Å². The molecule has 0 N–H and O–H groups in total.